The summed E-state index contributed by atoms with van der Waals surface area (Å²) in [5.41, 5.74) is -1.76. The molecule has 2 heterocycles. The molecule has 0 spiro atoms. The number of halogens is 3. The minimum absolute atomic E-state index is 0.115. The van der Waals surface area contributed by atoms with E-state index in [2.05, 4.69) is 22.5 Å². The van der Waals surface area contributed by atoms with Crippen molar-refractivity contribution in [1.82, 2.24) is 16.0 Å². The predicted octanol–water partition coefficient (Wildman–Crippen LogP) is 1.89. The molecule has 176 valence electrons. The molecular formula is C22H28F3N3O4. The number of carbonyl (C=O) groups excluding carboxylic acids is 2. The van der Waals surface area contributed by atoms with Crippen molar-refractivity contribution in [1.29, 1.82) is 0 Å². The minimum Gasteiger partial charge on any atom is -0.381 e. The van der Waals surface area contributed by atoms with E-state index in [1.807, 2.05) is 0 Å². The second-order valence-corrected chi connectivity index (χ2v) is 7.98. The highest BCUT2D eigenvalue weighted by molar-refractivity contribution is 5.96. The summed E-state index contributed by atoms with van der Waals surface area (Å²) in [7, 11) is 0. The zero-order chi connectivity index (χ0) is 23.2. The molecule has 0 saturated carbocycles. The Morgan fingerprint density at radius 3 is 2.75 bits per heavy atom. The number of nitrogens with one attached hydrogen (secondary N) is 3. The molecule has 0 radical (unpaired) electrons. The maximum atomic E-state index is 12.9. The van der Waals surface area contributed by atoms with E-state index in [0.29, 0.717) is 32.9 Å². The van der Waals surface area contributed by atoms with Crippen LogP contribution in [-0.2, 0) is 20.4 Å². The number of amides is 2. The number of benzene rings is 1. The fourth-order valence-electron chi connectivity index (χ4n) is 4.35. The van der Waals surface area contributed by atoms with Crippen LogP contribution in [0.5, 0.6) is 0 Å². The first-order chi connectivity index (χ1) is 15.3. The van der Waals surface area contributed by atoms with Gasteiger partial charge in [-0.3, -0.25) is 9.59 Å². The molecule has 2 aliphatic heterocycles. The van der Waals surface area contributed by atoms with Gasteiger partial charge in [0.25, 0.3) is 5.91 Å². The number of ether oxygens (including phenoxy) is 2. The van der Waals surface area contributed by atoms with E-state index in [0.717, 1.165) is 31.0 Å². The van der Waals surface area contributed by atoms with Crippen LogP contribution in [0.4, 0.5) is 13.2 Å². The molecule has 2 atom stereocenters. The largest absolute Gasteiger partial charge is 0.416 e. The number of alkyl halides is 3. The van der Waals surface area contributed by atoms with E-state index >= 15 is 0 Å². The average Bonchev–Trinajstić information content (AvgIpc) is 3.19. The Kier molecular flexibility index (Phi) is 7.91. The van der Waals surface area contributed by atoms with Gasteiger partial charge in [-0.1, -0.05) is 12.1 Å². The van der Waals surface area contributed by atoms with Gasteiger partial charge in [-0.25, -0.2) is 0 Å². The molecule has 1 aromatic carbocycles. The predicted molar refractivity (Wildman–Crippen MR) is 111 cm³/mol. The molecule has 32 heavy (non-hydrogen) atoms. The van der Waals surface area contributed by atoms with Crippen molar-refractivity contribution in [3.63, 3.8) is 0 Å². The minimum atomic E-state index is -4.56. The highest BCUT2D eigenvalue weighted by Crippen LogP contribution is 2.34. The van der Waals surface area contributed by atoms with E-state index < -0.39 is 29.1 Å². The lowest BCUT2D eigenvalue weighted by Crippen LogP contribution is -2.64. The summed E-state index contributed by atoms with van der Waals surface area (Å²) in [6.45, 7) is 5.87. The lowest BCUT2D eigenvalue weighted by Gasteiger charge is -2.43. The van der Waals surface area contributed by atoms with Gasteiger partial charge in [0.05, 0.1) is 30.4 Å². The van der Waals surface area contributed by atoms with E-state index in [4.69, 9.17) is 9.47 Å². The van der Waals surface area contributed by atoms with Crippen LogP contribution in [0, 0.1) is 5.92 Å². The quantitative estimate of drug-likeness (QED) is 0.521. The van der Waals surface area contributed by atoms with E-state index in [9.17, 15) is 22.8 Å². The van der Waals surface area contributed by atoms with Gasteiger partial charge in [-0.15, -0.1) is 6.58 Å². The van der Waals surface area contributed by atoms with Gasteiger partial charge in [0.1, 0.15) is 0 Å². The molecule has 1 aromatic rings. The highest BCUT2D eigenvalue weighted by atomic mass is 19.4. The fraction of sp³-hybridized carbons (Fsp3) is 0.545. The second kappa shape index (κ2) is 10.5. The molecule has 2 aliphatic rings. The van der Waals surface area contributed by atoms with E-state index in [1.165, 1.54) is 6.07 Å². The molecule has 0 aromatic heterocycles. The molecular weight excluding hydrogens is 427 g/mol. The monoisotopic (exact) mass is 455 g/mol. The van der Waals surface area contributed by atoms with Gasteiger partial charge in [-0.2, -0.15) is 13.2 Å². The third kappa shape index (κ3) is 5.67. The van der Waals surface area contributed by atoms with Crippen LogP contribution in [0.1, 0.15) is 28.8 Å². The zero-order valence-corrected chi connectivity index (χ0v) is 17.7. The Bertz CT molecular complexity index is 827. The summed E-state index contributed by atoms with van der Waals surface area (Å²) in [6.07, 6.45) is -1.69. The van der Waals surface area contributed by atoms with Crippen molar-refractivity contribution in [3.05, 3.63) is 48.0 Å². The molecule has 2 saturated heterocycles. The van der Waals surface area contributed by atoms with Crippen molar-refractivity contribution in [2.75, 3.05) is 39.5 Å². The normalized spacial score (nSPS) is 24.2. The Morgan fingerprint density at radius 1 is 1.31 bits per heavy atom. The Hall–Kier alpha value is -2.43. The maximum absolute atomic E-state index is 12.9. The van der Waals surface area contributed by atoms with Crippen LogP contribution in [0.2, 0.25) is 0 Å². The summed E-state index contributed by atoms with van der Waals surface area (Å²) in [4.78, 5) is 25.1. The van der Waals surface area contributed by atoms with Crippen molar-refractivity contribution in [3.8, 4) is 0 Å². The smallest absolute Gasteiger partial charge is 0.381 e. The number of carbonyl (C=O) groups is 2. The molecule has 0 unspecified atom stereocenters. The number of rotatable bonds is 8. The Balaban J connectivity index is 1.66. The first-order valence-corrected chi connectivity index (χ1v) is 10.5. The van der Waals surface area contributed by atoms with Crippen LogP contribution < -0.4 is 16.0 Å². The van der Waals surface area contributed by atoms with Crippen LogP contribution in [-0.4, -0.2) is 62.9 Å². The third-order valence-electron chi connectivity index (χ3n) is 5.92. The van der Waals surface area contributed by atoms with Crippen LogP contribution in [0.3, 0.4) is 0 Å². The van der Waals surface area contributed by atoms with Crippen LogP contribution in [0.15, 0.2) is 36.9 Å². The summed E-state index contributed by atoms with van der Waals surface area (Å²) >= 11 is 0. The Labute approximate surface area is 184 Å². The van der Waals surface area contributed by atoms with Gasteiger partial charge < -0.3 is 25.4 Å². The molecule has 2 fully saturated rings. The number of hydrogen-bond acceptors (Lipinski definition) is 5. The zero-order valence-electron chi connectivity index (χ0n) is 17.7. The molecule has 0 aliphatic carbocycles. The molecule has 2 amide bonds. The van der Waals surface area contributed by atoms with Gasteiger partial charge in [0.2, 0.25) is 5.91 Å². The average molecular weight is 455 g/mol. The first-order valence-electron chi connectivity index (χ1n) is 10.5. The van der Waals surface area contributed by atoms with Crippen molar-refractivity contribution < 1.29 is 32.2 Å². The van der Waals surface area contributed by atoms with Crippen molar-refractivity contribution in [2.45, 2.75) is 30.7 Å². The summed E-state index contributed by atoms with van der Waals surface area (Å²) in [6, 6.07) is 4.07. The fourth-order valence-corrected chi connectivity index (χ4v) is 4.35. The third-order valence-corrected chi connectivity index (χ3v) is 5.92. The molecule has 3 N–H and O–H groups in total. The Morgan fingerprint density at radius 2 is 2.06 bits per heavy atom. The molecule has 0 bridgehead atoms. The van der Waals surface area contributed by atoms with Crippen molar-refractivity contribution in [2.24, 2.45) is 5.92 Å². The topological polar surface area (TPSA) is 88.7 Å². The summed E-state index contributed by atoms with van der Waals surface area (Å²) in [5, 5.41) is 8.74. The van der Waals surface area contributed by atoms with Gasteiger partial charge >= 0.3 is 6.18 Å². The molecule has 7 nitrogen and oxygen atoms in total. The lowest BCUT2D eigenvalue weighted by atomic mass is 9.76. The second-order valence-electron chi connectivity index (χ2n) is 7.98. The van der Waals surface area contributed by atoms with Gasteiger partial charge in [0, 0.05) is 31.9 Å². The SMILES string of the molecule is C=CCO[C@@H]1CNC[C@]1(NC(=O)CNC(=O)c1cccc(C(F)(F)F)c1)C1CCOCC1. The van der Waals surface area contributed by atoms with Gasteiger partial charge in [0.15, 0.2) is 0 Å². The first kappa shape index (κ1) is 24.2. The lowest BCUT2D eigenvalue weighted by molar-refractivity contribution is -0.137. The highest BCUT2D eigenvalue weighted by Gasteiger charge is 2.50. The molecule has 3 rings (SSSR count). The maximum Gasteiger partial charge on any atom is 0.416 e. The summed E-state index contributed by atoms with van der Waals surface area (Å²) in [5.74, 6) is -1.08. The standard InChI is InChI=1S/C22H28F3N3O4/c1-2-8-32-18-12-26-14-21(18,16-6-9-31-10-7-16)28-19(29)13-27-20(30)15-4-3-5-17(11-15)22(23,24)25/h2-5,11,16,18,26H,1,6-10,12-14H2,(H,27,30)(H,28,29)/t18-,21+/m1/s1. The van der Waals surface area contributed by atoms with E-state index in [1.54, 1.807) is 6.08 Å². The van der Waals surface area contributed by atoms with E-state index in [-0.39, 0.29) is 24.1 Å². The van der Waals surface area contributed by atoms with Crippen molar-refractivity contribution >= 4 is 11.8 Å². The number of hydrogen-bond donors (Lipinski definition) is 3. The van der Waals surface area contributed by atoms with Crippen LogP contribution >= 0.6 is 0 Å². The van der Waals surface area contributed by atoms with Gasteiger partial charge in [-0.05, 0) is 37.0 Å². The molecule has 10 heteroatoms. The summed E-state index contributed by atoms with van der Waals surface area (Å²) < 4.78 is 50.1. The van der Waals surface area contributed by atoms with Crippen LogP contribution in [0.25, 0.3) is 0 Å².